The number of aromatic nitrogens is 3. The van der Waals surface area contributed by atoms with Gasteiger partial charge in [-0.1, -0.05) is 12.1 Å². The smallest absolute Gasteiger partial charge is 0.411 e. The summed E-state index contributed by atoms with van der Waals surface area (Å²) in [5.41, 5.74) is 3.56. The fourth-order valence-corrected chi connectivity index (χ4v) is 5.54. The maximum Gasteiger partial charge on any atom is 0.411 e. The third-order valence-corrected chi connectivity index (χ3v) is 8.21. The standard InChI is InChI=1S/C31H33N5O5/c1-19(20-6-7-20)41-30(38)33-22-10-8-21(9-11-22)29-26(17-32)25-13-12-24(16-27(25)36(29)23-4-3-5-23)40-15-14-35-28(37)18-34(2)31(35)39/h8-13,16,18-20,23,37H,3-7,14-15H2,1-2H3,(H,33,38)/t19-/m1/s1. The van der Waals surface area contributed by atoms with E-state index < -0.39 is 6.09 Å². The first-order valence-corrected chi connectivity index (χ1v) is 14.1. The summed E-state index contributed by atoms with van der Waals surface area (Å²) in [5.74, 6) is 0.979. The van der Waals surface area contributed by atoms with Gasteiger partial charge in [-0.3, -0.25) is 14.5 Å². The predicted molar refractivity (Wildman–Crippen MR) is 154 cm³/mol. The topological polar surface area (TPSA) is 123 Å². The average Bonchev–Trinajstić information content (AvgIpc) is 3.69. The van der Waals surface area contributed by atoms with Crippen LogP contribution in [0.4, 0.5) is 10.5 Å². The summed E-state index contributed by atoms with van der Waals surface area (Å²) >= 11 is 0. The van der Waals surface area contributed by atoms with Crippen LogP contribution in [-0.2, 0) is 18.3 Å². The number of imidazole rings is 1. The summed E-state index contributed by atoms with van der Waals surface area (Å²) in [6.07, 6.45) is 6.20. The lowest BCUT2D eigenvalue weighted by molar-refractivity contribution is 0.108. The molecule has 212 valence electrons. The third-order valence-electron chi connectivity index (χ3n) is 8.21. The second-order valence-electron chi connectivity index (χ2n) is 11.0. The molecule has 2 heterocycles. The van der Waals surface area contributed by atoms with Crippen LogP contribution in [0.3, 0.4) is 0 Å². The van der Waals surface area contributed by atoms with Crippen LogP contribution in [0.5, 0.6) is 11.6 Å². The molecular weight excluding hydrogens is 522 g/mol. The quantitative estimate of drug-likeness (QED) is 0.280. The summed E-state index contributed by atoms with van der Waals surface area (Å²) in [6.45, 7) is 2.33. The number of nitriles is 1. The van der Waals surface area contributed by atoms with Crippen molar-refractivity contribution in [2.45, 2.75) is 57.7 Å². The van der Waals surface area contributed by atoms with Crippen LogP contribution in [0.2, 0.25) is 0 Å². The number of aromatic hydroxyl groups is 1. The van der Waals surface area contributed by atoms with Crippen molar-refractivity contribution >= 4 is 22.7 Å². The van der Waals surface area contributed by atoms with Crippen LogP contribution in [0.1, 0.15) is 50.6 Å². The number of benzene rings is 2. The van der Waals surface area contributed by atoms with E-state index >= 15 is 0 Å². The first kappa shape index (κ1) is 26.6. The summed E-state index contributed by atoms with van der Waals surface area (Å²) in [5, 5.41) is 23.9. The molecule has 6 rings (SSSR count). The van der Waals surface area contributed by atoms with Crippen molar-refractivity contribution in [3.8, 4) is 29.0 Å². The van der Waals surface area contributed by atoms with E-state index in [9.17, 15) is 20.0 Å². The minimum atomic E-state index is -0.460. The van der Waals surface area contributed by atoms with Gasteiger partial charge in [0.1, 0.15) is 24.5 Å². The van der Waals surface area contributed by atoms with Crippen molar-refractivity contribution in [1.82, 2.24) is 13.7 Å². The molecule has 2 fully saturated rings. The number of ether oxygens (including phenoxy) is 2. The Morgan fingerprint density at radius 3 is 2.54 bits per heavy atom. The average molecular weight is 556 g/mol. The van der Waals surface area contributed by atoms with E-state index in [4.69, 9.17) is 9.47 Å². The summed E-state index contributed by atoms with van der Waals surface area (Å²) in [7, 11) is 1.58. The van der Waals surface area contributed by atoms with Crippen molar-refractivity contribution in [3.63, 3.8) is 0 Å². The zero-order valence-electron chi connectivity index (χ0n) is 23.2. The molecular formula is C31H33N5O5. The zero-order valence-corrected chi connectivity index (χ0v) is 23.2. The first-order valence-electron chi connectivity index (χ1n) is 14.1. The lowest BCUT2D eigenvalue weighted by atomic mass is 9.92. The normalized spacial score (nSPS) is 15.7. The number of aryl methyl sites for hydroxylation is 1. The largest absolute Gasteiger partial charge is 0.493 e. The van der Waals surface area contributed by atoms with Crippen molar-refractivity contribution < 1.29 is 19.4 Å². The van der Waals surface area contributed by atoms with Gasteiger partial charge in [0.25, 0.3) is 0 Å². The SMILES string of the molecule is C[C@@H](OC(=O)Nc1ccc(-c2c(C#N)c3ccc(OCCn4c(O)cn(C)c4=O)cc3n2C2CCC2)cc1)C1CC1. The molecule has 4 aromatic rings. The second-order valence-corrected chi connectivity index (χ2v) is 11.0. The Bertz CT molecular complexity index is 1700. The fourth-order valence-electron chi connectivity index (χ4n) is 5.54. The van der Waals surface area contributed by atoms with Crippen LogP contribution in [0.15, 0.2) is 53.5 Å². The highest BCUT2D eigenvalue weighted by molar-refractivity contribution is 5.96. The number of fused-ring (bicyclic) bond motifs is 1. The van der Waals surface area contributed by atoms with Gasteiger partial charge >= 0.3 is 11.8 Å². The lowest BCUT2D eigenvalue weighted by Crippen LogP contribution is -2.24. The predicted octanol–water partition coefficient (Wildman–Crippen LogP) is 5.54. The van der Waals surface area contributed by atoms with Crippen molar-refractivity contribution in [3.05, 3.63) is 64.7 Å². The highest BCUT2D eigenvalue weighted by Gasteiger charge is 2.31. The van der Waals surface area contributed by atoms with Crippen LogP contribution >= 0.6 is 0 Å². The van der Waals surface area contributed by atoms with E-state index in [1.54, 1.807) is 7.05 Å². The minimum Gasteiger partial charge on any atom is -0.493 e. The van der Waals surface area contributed by atoms with E-state index in [1.165, 1.54) is 15.3 Å². The van der Waals surface area contributed by atoms with E-state index in [2.05, 4.69) is 16.0 Å². The maximum absolute atomic E-state index is 12.3. The Morgan fingerprint density at radius 1 is 1.17 bits per heavy atom. The Labute approximate surface area is 237 Å². The van der Waals surface area contributed by atoms with E-state index in [-0.39, 0.29) is 36.9 Å². The molecule has 1 atom stereocenters. The number of hydrogen-bond donors (Lipinski definition) is 2. The van der Waals surface area contributed by atoms with Gasteiger partial charge < -0.3 is 19.1 Å². The molecule has 0 saturated heterocycles. The van der Waals surface area contributed by atoms with Gasteiger partial charge in [0.2, 0.25) is 5.88 Å². The van der Waals surface area contributed by atoms with Gasteiger partial charge in [-0.05, 0) is 74.8 Å². The Morgan fingerprint density at radius 2 is 1.93 bits per heavy atom. The molecule has 2 N–H and O–H groups in total. The van der Waals surface area contributed by atoms with Gasteiger partial charge in [0.15, 0.2) is 0 Å². The molecule has 0 radical (unpaired) electrons. The molecule has 2 aliphatic rings. The molecule has 1 amide bonds. The number of hydrogen-bond acceptors (Lipinski definition) is 6. The highest BCUT2D eigenvalue weighted by Crippen LogP contribution is 2.43. The molecule has 10 nitrogen and oxygen atoms in total. The number of nitrogens with one attached hydrogen (secondary N) is 1. The molecule has 0 bridgehead atoms. The number of carbonyl (C=O) groups excluding carboxylic acids is 1. The van der Waals surface area contributed by atoms with E-state index in [0.29, 0.717) is 22.9 Å². The minimum absolute atomic E-state index is 0.0899. The maximum atomic E-state index is 12.3. The van der Waals surface area contributed by atoms with Crippen LogP contribution in [-0.4, -0.2) is 37.6 Å². The molecule has 2 saturated carbocycles. The van der Waals surface area contributed by atoms with Gasteiger partial charge in [0.05, 0.1) is 29.5 Å². The van der Waals surface area contributed by atoms with Crippen molar-refractivity contribution in [2.24, 2.45) is 13.0 Å². The molecule has 10 heteroatoms. The molecule has 2 aliphatic carbocycles. The van der Waals surface area contributed by atoms with Crippen LogP contribution in [0, 0.1) is 17.2 Å². The van der Waals surface area contributed by atoms with E-state index in [0.717, 1.165) is 54.3 Å². The number of anilines is 1. The number of rotatable bonds is 9. The molecule has 0 unspecified atom stereocenters. The molecule has 2 aromatic carbocycles. The van der Waals surface area contributed by atoms with E-state index in [1.807, 2.05) is 49.4 Å². The van der Waals surface area contributed by atoms with Crippen molar-refractivity contribution in [1.29, 1.82) is 5.26 Å². The van der Waals surface area contributed by atoms with Gasteiger partial charge in [0, 0.05) is 30.2 Å². The summed E-state index contributed by atoms with van der Waals surface area (Å²) in [6, 6.07) is 15.9. The number of amides is 1. The second kappa shape index (κ2) is 10.7. The Kier molecular flexibility index (Phi) is 6.95. The Hall–Kier alpha value is -4.65. The molecule has 0 aliphatic heterocycles. The summed E-state index contributed by atoms with van der Waals surface area (Å²) in [4.78, 5) is 24.5. The molecule has 41 heavy (non-hydrogen) atoms. The summed E-state index contributed by atoms with van der Waals surface area (Å²) < 4.78 is 16.3. The van der Waals surface area contributed by atoms with Crippen LogP contribution in [0.25, 0.3) is 22.2 Å². The van der Waals surface area contributed by atoms with Gasteiger partial charge in [-0.15, -0.1) is 0 Å². The van der Waals surface area contributed by atoms with Crippen LogP contribution < -0.4 is 15.7 Å². The third kappa shape index (κ3) is 5.15. The number of carbonyl (C=O) groups is 1. The fraction of sp³-hybridized carbons (Fsp3) is 0.387. The molecule has 0 spiro atoms. The zero-order chi connectivity index (χ0) is 28.7. The Balaban J connectivity index is 1.26. The van der Waals surface area contributed by atoms with Gasteiger partial charge in [-0.2, -0.15) is 5.26 Å². The van der Waals surface area contributed by atoms with Gasteiger partial charge in [-0.25, -0.2) is 9.59 Å². The number of nitrogens with zero attached hydrogens (tertiary/aromatic N) is 4. The lowest BCUT2D eigenvalue weighted by Gasteiger charge is -2.30. The van der Waals surface area contributed by atoms with Crippen molar-refractivity contribution in [2.75, 3.05) is 11.9 Å². The molecule has 2 aromatic heterocycles. The highest BCUT2D eigenvalue weighted by atomic mass is 16.6. The first-order chi connectivity index (χ1) is 19.8. The monoisotopic (exact) mass is 555 g/mol.